The first-order chi connectivity index (χ1) is 12.2. The molecule has 0 N–H and O–H groups in total. The zero-order valence-corrected chi connectivity index (χ0v) is 13.9. The molecule has 5 heteroatoms. The van der Waals surface area contributed by atoms with Crippen molar-refractivity contribution in [3.05, 3.63) is 66.4 Å². The first-order valence-electron chi connectivity index (χ1n) is 7.88. The van der Waals surface area contributed by atoms with Gasteiger partial charge in [-0.05, 0) is 24.3 Å². The summed E-state index contributed by atoms with van der Waals surface area (Å²) in [5, 5.41) is 1.06. The maximum atomic E-state index is 12.2. The molecule has 124 valence electrons. The third-order valence-electron chi connectivity index (χ3n) is 4.21. The number of aryl methyl sites for hydroxylation is 1. The smallest absolute Gasteiger partial charge is 0.360 e. The van der Waals surface area contributed by atoms with Crippen molar-refractivity contribution < 1.29 is 13.9 Å². The molecule has 0 amide bonds. The SMILES string of the molecule is COC(=O)c1nc(-c2ccccc2)oc1-c1cc2ccccc2n1C. The van der Waals surface area contributed by atoms with Crippen molar-refractivity contribution in [1.82, 2.24) is 9.55 Å². The molecule has 0 fully saturated rings. The number of aromatic nitrogens is 2. The number of nitrogens with zero attached hydrogens (tertiary/aromatic N) is 2. The van der Waals surface area contributed by atoms with E-state index < -0.39 is 5.97 Å². The van der Waals surface area contributed by atoms with Gasteiger partial charge in [-0.15, -0.1) is 0 Å². The number of hydrogen-bond acceptors (Lipinski definition) is 4. The Morgan fingerprint density at radius 2 is 1.80 bits per heavy atom. The van der Waals surface area contributed by atoms with Crippen molar-refractivity contribution >= 4 is 16.9 Å². The summed E-state index contributed by atoms with van der Waals surface area (Å²) in [7, 11) is 3.27. The highest BCUT2D eigenvalue weighted by atomic mass is 16.5. The maximum absolute atomic E-state index is 12.2. The first-order valence-corrected chi connectivity index (χ1v) is 7.88. The molecule has 0 unspecified atom stereocenters. The highest BCUT2D eigenvalue weighted by Gasteiger charge is 2.25. The second-order valence-corrected chi connectivity index (χ2v) is 5.70. The molecule has 5 nitrogen and oxygen atoms in total. The van der Waals surface area contributed by atoms with E-state index in [4.69, 9.17) is 9.15 Å². The van der Waals surface area contributed by atoms with Crippen molar-refractivity contribution in [2.24, 2.45) is 7.05 Å². The van der Waals surface area contributed by atoms with Gasteiger partial charge in [-0.3, -0.25) is 0 Å². The number of esters is 1. The van der Waals surface area contributed by atoms with Crippen LogP contribution < -0.4 is 0 Å². The van der Waals surface area contributed by atoms with Gasteiger partial charge < -0.3 is 13.7 Å². The summed E-state index contributed by atoms with van der Waals surface area (Å²) in [5.74, 6) is 0.275. The van der Waals surface area contributed by atoms with Crippen molar-refractivity contribution in [3.8, 4) is 22.9 Å². The molecular formula is C20H16N2O3. The molecule has 0 saturated carbocycles. The van der Waals surface area contributed by atoms with Crippen LogP contribution in [0.4, 0.5) is 0 Å². The molecule has 2 aromatic heterocycles. The lowest BCUT2D eigenvalue weighted by Crippen LogP contribution is -2.04. The number of benzene rings is 2. The Morgan fingerprint density at radius 3 is 2.52 bits per heavy atom. The van der Waals surface area contributed by atoms with Gasteiger partial charge in [0.05, 0.1) is 12.8 Å². The summed E-state index contributed by atoms with van der Waals surface area (Å²) in [5.41, 5.74) is 2.80. The van der Waals surface area contributed by atoms with Crippen molar-refractivity contribution in [2.75, 3.05) is 7.11 Å². The predicted octanol–water partition coefficient (Wildman–Crippen LogP) is 4.29. The Hall–Kier alpha value is -3.34. The predicted molar refractivity (Wildman–Crippen MR) is 95.2 cm³/mol. The van der Waals surface area contributed by atoms with Crippen LogP contribution >= 0.6 is 0 Å². The molecule has 4 aromatic rings. The van der Waals surface area contributed by atoms with Crippen LogP contribution in [0.15, 0.2) is 65.1 Å². The van der Waals surface area contributed by atoms with E-state index in [1.54, 1.807) is 0 Å². The van der Waals surface area contributed by atoms with E-state index >= 15 is 0 Å². The zero-order chi connectivity index (χ0) is 17.4. The van der Waals surface area contributed by atoms with Crippen molar-refractivity contribution in [3.63, 3.8) is 0 Å². The Balaban J connectivity index is 1.94. The van der Waals surface area contributed by atoms with Crippen LogP contribution in [0.25, 0.3) is 33.8 Å². The number of fused-ring (bicyclic) bond motifs is 1. The first kappa shape index (κ1) is 15.2. The van der Waals surface area contributed by atoms with Crippen LogP contribution in [-0.4, -0.2) is 22.6 Å². The molecular weight excluding hydrogens is 316 g/mol. The minimum atomic E-state index is -0.522. The summed E-state index contributed by atoms with van der Waals surface area (Å²) < 4.78 is 12.9. The lowest BCUT2D eigenvalue weighted by Gasteiger charge is -2.02. The Kier molecular flexibility index (Phi) is 3.61. The number of carbonyl (C=O) groups is 1. The van der Waals surface area contributed by atoms with Gasteiger partial charge >= 0.3 is 5.97 Å². The van der Waals surface area contributed by atoms with Crippen LogP contribution in [0, 0.1) is 0 Å². The largest absolute Gasteiger partial charge is 0.464 e. The molecule has 2 heterocycles. The topological polar surface area (TPSA) is 57.3 Å². The average molecular weight is 332 g/mol. The number of para-hydroxylation sites is 1. The molecule has 0 aliphatic rings. The van der Waals surface area contributed by atoms with Gasteiger partial charge in [0.1, 0.15) is 0 Å². The fraction of sp³-hybridized carbons (Fsp3) is 0.100. The summed E-state index contributed by atoms with van der Waals surface area (Å²) in [6, 6.07) is 19.5. The molecule has 25 heavy (non-hydrogen) atoms. The molecule has 0 bridgehead atoms. The highest BCUT2D eigenvalue weighted by Crippen LogP contribution is 2.33. The van der Waals surface area contributed by atoms with Crippen LogP contribution in [0.5, 0.6) is 0 Å². The number of hydrogen-bond donors (Lipinski definition) is 0. The van der Waals surface area contributed by atoms with E-state index in [1.165, 1.54) is 7.11 Å². The fourth-order valence-electron chi connectivity index (χ4n) is 2.94. The number of oxazole rings is 1. The van der Waals surface area contributed by atoms with E-state index in [-0.39, 0.29) is 5.69 Å². The molecule has 0 radical (unpaired) electrons. The van der Waals surface area contributed by atoms with E-state index in [9.17, 15) is 4.79 Å². The van der Waals surface area contributed by atoms with Crippen molar-refractivity contribution in [2.45, 2.75) is 0 Å². The summed E-state index contributed by atoms with van der Waals surface area (Å²) in [6.07, 6.45) is 0. The van der Waals surface area contributed by atoms with Crippen LogP contribution in [0.3, 0.4) is 0 Å². The number of rotatable bonds is 3. The minimum Gasteiger partial charge on any atom is -0.464 e. The van der Waals surface area contributed by atoms with Gasteiger partial charge in [-0.2, -0.15) is 0 Å². The normalized spacial score (nSPS) is 11.0. The van der Waals surface area contributed by atoms with Gasteiger partial charge in [-0.25, -0.2) is 9.78 Å². The Labute approximate surface area is 144 Å². The summed E-state index contributed by atoms with van der Waals surface area (Å²) in [4.78, 5) is 16.6. The zero-order valence-electron chi connectivity index (χ0n) is 13.9. The number of methoxy groups -OCH3 is 1. The molecule has 0 atom stereocenters. The maximum Gasteiger partial charge on any atom is 0.360 e. The average Bonchev–Trinajstić information content (AvgIpc) is 3.24. The Morgan fingerprint density at radius 1 is 1.08 bits per heavy atom. The minimum absolute atomic E-state index is 0.173. The lowest BCUT2D eigenvalue weighted by atomic mass is 10.2. The van der Waals surface area contributed by atoms with Crippen LogP contribution in [0.2, 0.25) is 0 Å². The standard InChI is InChI=1S/C20H16N2O3/c1-22-15-11-7-6-10-14(15)12-16(22)18-17(20(23)24-2)21-19(25-18)13-8-4-3-5-9-13/h3-12H,1-2H3. The van der Waals surface area contributed by atoms with Gasteiger partial charge in [0.15, 0.2) is 11.5 Å². The monoisotopic (exact) mass is 332 g/mol. The van der Waals surface area contributed by atoms with E-state index in [2.05, 4.69) is 4.98 Å². The molecule has 0 saturated heterocycles. The van der Waals surface area contributed by atoms with Gasteiger partial charge in [-0.1, -0.05) is 36.4 Å². The molecule has 2 aromatic carbocycles. The van der Waals surface area contributed by atoms with E-state index in [1.807, 2.05) is 72.3 Å². The Bertz CT molecular complexity index is 1060. The number of carbonyl (C=O) groups excluding carboxylic acids is 1. The lowest BCUT2D eigenvalue weighted by molar-refractivity contribution is 0.0595. The van der Waals surface area contributed by atoms with Crippen LogP contribution in [-0.2, 0) is 11.8 Å². The van der Waals surface area contributed by atoms with Gasteiger partial charge in [0.25, 0.3) is 0 Å². The van der Waals surface area contributed by atoms with Crippen LogP contribution in [0.1, 0.15) is 10.5 Å². The fourth-order valence-corrected chi connectivity index (χ4v) is 2.94. The molecule has 4 rings (SSSR count). The highest BCUT2D eigenvalue weighted by molar-refractivity contribution is 5.96. The number of ether oxygens (including phenoxy) is 1. The second-order valence-electron chi connectivity index (χ2n) is 5.70. The summed E-state index contributed by atoms with van der Waals surface area (Å²) >= 11 is 0. The van der Waals surface area contributed by atoms with E-state index in [0.717, 1.165) is 22.2 Å². The van der Waals surface area contributed by atoms with Gasteiger partial charge in [0.2, 0.25) is 5.89 Å². The third-order valence-corrected chi connectivity index (χ3v) is 4.21. The third kappa shape index (κ3) is 2.50. The quantitative estimate of drug-likeness (QED) is 0.525. The van der Waals surface area contributed by atoms with E-state index in [0.29, 0.717) is 11.7 Å². The summed E-state index contributed by atoms with van der Waals surface area (Å²) in [6.45, 7) is 0. The van der Waals surface area contributed by atoms with Crippen molar-refractivity contribution in [1.29, 1.82) is 0 Å². The second kappa shape index (κ2) is 5.94. The van der Waals surface area contributed by atoms with Gasteiger partial charge in [0, 0.05) is 23.5 Å². The molecule has 0 aliphatic carbocycles. The molecule has 0 aliphatic heterocycles. The molecule has 0 spiro atoms.